The average molecular weight is 430 g/mol. The van der Waals surface area contributed by atoms with Gasteiger partial charge in [-0.05, 0) is 30.3 Å². The van der Waals surface area contributed by atoms with Crippen molar-refractivity contribution in [3.05, 3.63) is 70.4 Å². The van der Waals surface area contributed by atoms with E-state index in [1.165, 1.54) is 6.07 Å². The Morgan fingerprint density at radius 3 is 2.83 bits per heavy atom. The maximum absolute atomic E-state index is 14.6. The summed E-state index contributed by atoms with van der Waals surface area (Å²) in [6.45, 7) is 2.50. The van der Waals surface area contributed by atoms with E-state index in [-0.39, 0.29) is 11.7 Å². The Bertz CT molecular complexity index is 976. The van der Waals surface area contributed by atoms with Gasteiger partial charge in [0.15, 0.2) is 0 Å². The number of benzene rings is 2. The van der Waals surface area contributed by atoms with Crippen molar-refractivity contribution in [2.75, 3.05) is 36.5 Å². The fraction of sp³-hybridized carbons (Fsp3) is 0.238. The number of carbonyl (C=O) groups excluding carboxylic acids is 1. The zero-order valence-electron chi connectivity index (χ0n) is 15.6. The van der Waals surface area contributed by atoms with Gasteiger partial charge in [0, 0.05) is 34.8 Å². The first-order valence-corrected chi connectivity index (χ1v) is 11.2. The van der Waals surface area contributed by atoms with E-state index in [1.54, 1.807) is 46.8 Å². The predicted molar refractivity (Wildman–Crippen MR) is 116 cm³/mol. The zero-order valence-corrected chi connectivity index (χ0v) is 17.3. The van der Waals surface area contributed by atoms with Gasteiger partial charge in [-0.3, -0.25) is 4.79 Å². The third-order valence-corrected chi connectivity index (χ3v) is 6.29. The van der Waals surface area contributed by atoms with Crippen molar-refractivity contribution in [2.24, 2.45) is 0 Å². The van der Waals surface area contributed by atoms with E-state index in [0.717, 1.165) is 10.6 Å². The van der Waals surface area contributed by atoms with Crippen LogP contribution < -0.4 is 10.2 Å². The maximum atomic E-state index is 14.6. The number of hydrogen-bond donors (Lipinski definition) is 1. The van der Waals surface area contributed by atoms with Gasteiger partial charge in [-0.15, -0.1) is 23.1 Å². The molecular weight excluding hydrogens is 409 g/mol. The van der Waals surface area contributed by atoms with Crippen LogP contribution in [0.4, 0.5) is 15.8 Å². The molecule has 1 amide bonds. The summed E-state index contributed by atoms with van der Waals surface area (Å²) in [6.07, 6.45) is 0. The van der Waals surface area contributed by atoms with Gasteiger partial charge in [0.1, 0.15) is 5.82 Å². The summed E-state index contributed by atoms with van der Waals surface area (Å²) in [4.78, 5) is 19.9. The van der Waals surface area contributed by atoms with E-state index in [0.29, 0.717) is 49.0 Å². The Morgan fingerprint density at radius 2 is 2.07 bits per heavy atom. The fourth-order valence-electron chi connectivity index (χ4n) is 3.08. The first-order chi connectivity index (χ1) is 14.2. The highest BCUT2D eigenvalue weighted by Crippen LogP contribution is 2.28. The third kappa shape index (κ3) is 4.95. The molecule has 3 aromatic rings. The molecule has 4 rings (SSSR count). The molecule has 0 unspecified atom stereocenters. The molecule has 0 atom stereocenters. The van der Waals surface area contributed by atoms with E-state index in [1.807, 2.05) is 28.5 Å². The molecular formula is C21H20FN3O2S2. The largest absolute Gasteiger partial charge is 0.378 e. The number of morpholine rings is 1. The number of ether oxygens (including phenoxy) is 1. The maximum Gasteiger partial charge on any atom is 0.256 e. The lowest BCUT2D eigenvalue weighted by Gasteiger charge is -2.29. The predicted octanol–water partition coefficient (Wildman–Crippen LogP) is 4.66. The summed E-state index contributed by atoms with van der Waals surface area (Å²) >= 11 is 3.11. The number of thiazole rings is 1. The molecule has 1 aromatic heterocycles. The van der Waals surface area contributed by atoms with Crippen LogP contribution in [0.5, 0.6) is 0 Å². The van der Waals surface area contributed by atoms with Crippen LogP contribution in [0.25, 0.3) is 0 Å². The number of nitrogens with zero attached hydrogens (tertiary/aromatic N) is 2. The van der Waals surface area contributed by atoms with Crippen molar-refractivity contribution in [2.45, 2.75) is 10.6 Å². The first-order valence-electron chi connectivity index (χ1n) is 9.23. The highest BCUT2D eigenvalue weighted by molar-refractivity contribution is 7.98. The van der Waals surface area contributed by atoms with Gasteiger partial charge in [-0.1, -0.05) is 12.1 Å². The summed E-state index contributed by atoms with van der Waals surface area (Å²) in [6, 6.07) is 12.2. The Kier molecular flexibility index (Phi) is 6.43. The van der Waals surface area contributed by atoms with Gasteiger partial charge in [0.2, 0.25) is 0 Å². The molecule has 0 saturated carbocycles. The number of anilines is 2. The van der Waals surface area contributed by atoms with E-state index >= 15 is 0 Å². The lowest BCUT2D eigenvalue weighted by atomic mass is 10.2. The van der Waals surface area contributed by atoms with Gasteiger partial charge >= 0.3 is 0 Å². The molecule has 1 saturated heterocycles. The quantitative estimate of drug-likeness (QED) is 0.578. The lowest BCUT2D eigenvalue weighted by molar-refractivity contribution is 0.102. The lowest BCUT2D eigenvalue weighted by Crippen LogP contribution is -2.36. The average Bonchev–Trinajstić information content (AvgIpc) is 3.27. The van der Waals surface area contributed by atoms with Crippen LogP contribution >= 0.6 is 23.1 Å². The van der Waals surface area contributed by atoms with Crippen LogP contribution in [-0.2, 0) is 10.5 Å². The number of hydrogen-bond acceptors (Lipinski definition) is 6. The minimum atomic E-state index is -0.351. The minimum absolute atomic E-state index is 0.259. The highest BCUT2D eigenvalue weighted by atomic mass is 32.2. The Morgan fingerprint density at radius 1 is 1.24 bits per heavy atom. The van der Waals surface area contributed by atoms with Crippen LogP contribution in [0.2, 0.25) is 0 Å². The summed E-state index contributed by atoms with van der Waals surface area (Å²) in [7, 11) is 0. The van der Waals surface area contributed by atoms with Gasteiger partial charge in [0.05, 0.1) is 35.7 Å². The first kappa shape index (κ1) is 19.9. The zero-order chi connectivity index (χ0) is 20.1. The second-order valence-corrected chi connectivity index (χ2v) is 8.22. The molecule has 0 spiro atoms. The van der Waals surface area contributed by atoms with Crippen molar-refractivity contribution in [3.63, 3.8) is 0 Å². The van der Waals surface area contributed by atoms with Gasteiger partial charge in [-0.2, -0.15) is 0 Å². The number of halogens is 1. The molecule has 2 aromatic carbocycles. The minimum Gasteiger partial charge on any atom is -0.378 e. The SMILES string of the molecule is O=C(Nc1ccc(N2CCOCC2)c(F)c1)c1ccccc1SCc1cscn1. The number of thioether (sulfide) groups is 1. The van der Waals surface area contributed by atoms with Gasteiger partial charge < -0.3 is 15.0 Å². The molecule has 5 nitrogen and oxygen atoms in total. The number of aromatic nitrogens is 1. The second-order valence-electron chi connectivity index (χ2n) is 6.48. The van der Waals surface area contributed by atoms with Gasteiger partial charge in [0.25, 0.3) is 5.91 Å². The Hall–Kier alpha value is -2.42. The van der Waals surface area contributed by atoms with E-state index in [4.69, 9.17) is 4.74 Å². The van der Waals surface area contributed by atoms with Crippen LogP contribution in [0.3, 0.4) is 0 Å². The molecule has 0 bridgehead atoms. The molecule has 1 aliphatic heterocycles. The fourth-order valence-corrected chi connectivity index (χ4v) is 4.70. The topological polar surface area (TPSA) is 54.5 Å². The molecule has 1 aliphatic rings. The van der Waals surface area contributed by atoms with Crippen molar-refractivity contribution < 1.29 is 13.9 Å². The standard InChI is InChI=1S/C21H20FN3O2S2/c22-18-11-15(5-6-19(18)25-7-9-27-10-8-25)24-21(26)17-3-1-2-4-20(17)29-13-16-12-28-14-23-16/h1-6,11-12,14H,7-10,13H2,(H,24,26). The summed E-state index contributed by atoms with van der Waals surface area (Å²) in [5.74, 6) is 0.0808. The molecule has 0 radical (unpaired) electrons. The van der Waals surface area contributed by atoms with Crippen molar-refractivity contribution in [1.29, 1.82) is 0 Å². The number of rotatable bonds is 6. The molecule has 1 N–H and O–H groups in total. The molecule has 2 heterocycles. The van der Waals surface area contributed by atoms with E-state index < -0.39 is 0 Å². The number of amides is 1. The van der Waals surface area contributed by atoms with Gasteiger partial charge in [-0.25, -0.2) is 9.37 Å². The molecule has 8 heteroatoms. The van der Waals surface area contributed by atoms with Crippen LogP contribution in [-0.4, -0.2) is 37.2 Å². The summed E-state index contributed by atoms with van der Waals surface area (Å²) in [5.41, 5.74) is 4.31. The van der Waals surface area contributed by atoms with Crippen molar-refractivity contribution in [3.8, 4) is 0 Å². The number of nitrogens with one attached hydrogen (secondary N) is 1. The molecule has 29 heavy (non-hydrogen) atoms. The summed E-state index contributed by atoms with van der Waals surface area (Å²) in [5, 5.41) is 4.81. The van der Waals surface area contributed by atoms with Crippen molar-refractivity contribution in [1.82, 2.24) is 4.98 Å². The van der Waals surface area contributed by atoms with Crippen molar-refractivity contribution >= 4 is 40.4 Å². The normalized spacial score (nSPS) is 14.0. The molecule has 1 fully saturated rings. The number of carbonyl (C=O) groups is 1. The smallest absolute Gasteiger partial charge is 0.256 e. The van der Waals surface area contributed by atoms with Crippen LogP contribution in [0, 0.1) is 5.82 Å². The van der Waals surface area contributed by atoms with E-state index in [2.05, 4.69) is 10.3 Å². The summed E-state index contributed by atoms with van der Waals surface area (Å²) < 4.78 is 19.9. The van der Waals surface area contributed by atoms with E-state index in [9.17, 15) is 9.18 Å². The van der Waals surface area contributed by atoms with Crippen LogP contribution in [0.15, 0.2) is 58.3 Å². The monoisotopic (exact) mass is 429 g/mol. The molecule has 150 valence electrons. The Labute approximate surface area is 176 Å². The molecule has 0 aliphatic carbocycles. The Balaban J connectivity index is 1.46. The second kappa shape index (κ2) is 9.39. The third-order valence-electron chi connectivity index (χ3n) is 4.55. The van der Waals surface area contributed by atoms with Crippen LogP contribution in [0.1, 0.15) is 16.1 Å². The highest BCUT2D eigenvalue weighted by Gasteiger charge is 2.17.